The zero-order valence-electron chi connectivity index (χ0n) is 15.0. The molecule has 0 aliphatic heterocycles. The van der Waals surface area contributed by atoms with E-state index in [1.807, 2.05) is 47.5 Å². The Bertz CT molecular complexity index is 744. The Balaban J connectivity index is 1.85. The number of halogens is 2. The maximum Gasteiger partial charge on any atom is 0.102 e. The normalized spacial score (nSPS) is 11.5. The molecular formula is C18H20I2N4S2. The van der Waals surface area contributed by atoms with E-state index in [0.29, 0.717) is 0 Å². The van der Waals surface area contributed by atoms with E-state index < -0.39 is 0 Å². The van der Waals surface area contributed by atoms with Gasteiger partial charge < -0.3 is 0 Å². The molecule has 4 nitrogen and oxygen atoms in total. The van der Waals surface area contributed by atoms with Crippen LogP contribution in [0.3, 0.4) is 0 Å². The quantitative estimate of drug-likeness (QED) is 0.116. The number of benzene rings is 2. The fourth-order valence-electron chi connectivity index (χ4n) is 1.96. The van der Waals surface area contributed by atoms with E-state index >= 15 is 0 Å². The van der Waals surface area contributed by atoms with Crippen molar-refractivity contribution < 1.29 is 0 Å². The van der Waals surface area contributed by atoms with Crippen LogP contribution in [0.4, 0.5) is 11.4 Å². The monoisotopic (exact) mass is 610 g/mol. The van der Waals surface area contributed by atoms with Crippen LogP contribution in [0.1, 0.15) is 11.1 Å². The molecule has 0 fully saturated rings. The first-order valence-electron chi connectivity index (χ1n) is 7.76. The first kappa shape index (κ1) is 21.8. The van der Waals surface area contributed by atoms with Gasteiger partial charge in [0.15, 0.2) is 0 Å². The standard InChI is InChI=1S/C18H20I2N4S2/c1-13-9-15(19)5-7-17(13)21-11-23(3)25-26-24(4)12-22-18-8-6-16(20)10-14(18)2/h5-12H,1-4H3. The van der Waals surface area contributed by atoms with Gasteiger partial charge in [-0.3, -0.25) is 8.61 Å². The van der Waals surface area contributed by atoms with Gasteiger partial charge in [0.2, 0.25) is 0 Å². The molecule has 0 aromatic heterocycles. The summed E-state index contributed by atoms with van der Waals surface area (Å²) in [4.78, 5) is 9.10. The fourth-order valence-corrected chi connectivity index (χ4v) is 4.50. The second kappa shape index (κ2) is 10.8. The minimum atomic E-state index is 0.993. The summed E-state index contributed by atoms with van der Waals surface area (Å²) in [6, 6.07) is 12.5. The predicted octanol–water partition coefficient (Wildman–Crippen LogP) is 6.61. The van der Waals surface area contributed by atoms with Crippen LogP contribution in [0.15, 0.2) is 46.4 Å². The molecule has 0 N–H and O–H groups in total. The Morgan fingerprint density at radius 2 is 1.15 bits per heavy atom. The number of nitrogens with zero attached hydrogens (tertiary/aromatic N) is 4. The minimum absolute atomic E-state index is 0.993. The smallest absolute Gasteiger partial charge is 0.102 e. The van der Waals surface area contributed by atoms with Crippen LogP contribution in [-0.2, 0) is 0 Å². The van der Waals surface area contributed by atoms with Crippen molar-refractivity contribution >= 4 is 91.2 Å². The summed E-state index contributed by atoms with van der Waals surface area (Å²) < 4.78 is 6.40. The molecule has 0 bridgehead atoms. The first-order chi connectivity index (χ1) is 12.3. The number of hydrogen-bond acceptors (Lipinski definition) is 4. The van der Waals surface area contributed by atoms with Crippen molar-refractivity contribution in [3.05, 3.63) is 54.7 Å². The van der Waals surface area contributed by atoms with E-state index in [1.165, 1.54) is 18.3 Å². The maximum absolute atomic E-state index is 4.55. The molecule has 0 amide bonds. The van der Waals surface area contributed by atoms with E-state index in [4.69, 9.17) is 0 Å². The van der Waals surface area contributed by atoms with E-state index in [1.54, 1.807) is 22.0 Å². The van der Waals surface area contributed by atoms with Crippen molar-refractivity contribution in [2.24, 2.45) is 9.98 Å². The molecule has 0 aliphatic rings. The Morgan fingerprint density at radius 1 is 0.769 bits per heavy atom. The van der Waals surface area contributed by atoms with Gasteiger partial charge in [-0.25, -0.2) is 9.98 Å². The molecule has 0 spiro atoms. The molecule has 0 radical (unpaired) electrons. The molecule has 0 saturated carbocycles. The van der Waals surface area contributed by atoms with Crippen LogP contribution in [0, 0.1) is 21.0 Å². The molecule has 2 aromatic carbocycles. The Kier molecular flexibility index (Phi) is 9.04. The number of aliphatic imine (C=N–C) groups is 2. The van der Waals surface area contributed by atoms with Gasteiger partial charge in [-0.1, -0.05) is 0 Å². The van der Waals surface area contributed by atoms with E-state index in [9.17, 15) is 0 Å². The lowest BCUT2D eigenvalue weighted by atomic mass is 10.2. The average Bonchev–Trinajstić information content (AvgIpc) is 2.58. The molecule has 138 valence electrons. The van der Waals surface area contributed by atoms with Crippen LogP contribution in [0.2, 0.25) is 0 Å². The molecule has 0 aliphatic carbocycles. The van der Waals surface area contributed by atoms with Crippen molar-refractivity contribution in [1.82, 2.24) is 8.61 Å². The summed E-state index contributed by atoms with van der Waals surface area (Å²) in [6.07, 6.45) is 3.67. The zero-order chi connectivity index (χ0) is 19.1. The molecule has 0 atom stereocenters. The van der Waals surface area contributed by atoms with E-state index in [2.05, 4.69) is 93.3 Å². The highest BCUT2D eigenvalue weighted by Crippen LogP contribution is 2.27. The third-order valence-corrected chi connectivity index (χ3v) is 6.98. The lowest BCUT2D eigenvalue weighted by molar-refractivity contribution is 0.866. The lowest BCUT2D eigenvalue weighted by Gasteiger charge is -2.15. The topological polar surface area (TPSA) is 31.2 Å². The van der Waals surface area contributed by atoms with Gasteiger partial charge in [-0.15, -0.1) is 0 Å². The molecule has 0 heterocycles. The second-order valence-electron chi connectivity index (χ2n) is 5.59. The van der Waals surface area contributed by atoms with Crippen molar-refractivity contribution in [2.45, 2.75) is 13.8 Å². The zero-order valence-corrected chi connectivity index (χ0v) is 20.9. The van der Waals surface area contributed by atoms with Crippen molar-refractivity contribution in [2.75, 3.05) is 14.1 Å². The average molecular weight is 610 g/mol. The summed E-state index contributed by atoms with van der Waals surface area (Å²) in [5, 5.41) is 0. The van der Waals surface area contributed by atoms with Crippen molar-refractivity contribution in [3.8, 4) is 0 Å². The van der Waals surface area contributed by atoms with Crippen LogP contribution < -0.4 is 0 Å². The molecular weight excluding hydrogens is 590 g/mol. The van der Waals surface area contributed by atoms with E-state index in [-0.39, 0.29) is 0 Å². The van der Waals surface area contributed by atoms with Crippen LogP contribution in [0.25, 0.3) is 0 Å². The molecule has 26 heavy (non-hydrogen) atoms. The predicted molar refractivity (Wildman–Crippen MR) is 135 cm³/mol. The van der Waals surface area contributed by atoms with Gasteiger partial charge in [0.25, 0.3) is 0 Å². The van der Waals surface area contributed by atoms with Gasteiger partial charge in [-0.2, -0.15) is 0 Å². The first-order valence-corrected chi connectivity index (χ1v) is 12.0. The summed E-state index contributed by atoms with van der Waals surface area (Å²) in [7, 11) is 7.14. The third kappa shape index (κ3) is 7.28. The van der Waals surface area contributed by atoms with Gasteiger partial charge in [0, 0.05) is 43.2 Å². The lowest BCUT2D eigenvalue weighted by Crippen LogP contribution is -2.09. The van der Waals surface area contributed by atoms with Crippen molar-refractivity contribution in [1.29, 1.82) is 0 Å². The highest BCUT2D eigenvalue weighted by molar-refractivity contribution is 14.1. The molecule has 0 saturated heterocycles. The summed E-state index contributed by atoms with van der Waals surface area (Å²) >= 11 is 4.62. The highest BCUT2D eigenvalue weighted by Gasteiger charge is 2.01. The minimum Gasteiger partial charge on any atom is -0.299 e. The largest absolute Gasteiger partial charge is 0.299 e. The summed E-state index contributed by atoms with van der Waals surface area (Å²) in [5.41, 5.74) is 4.34. The summed E-state index contributed by atoms with van der Waals surface area (Å²) in [6.45, 7) is 4.15. The number of aryl methyl sites for hydroxylation is 2. The number of hydrogen-bond donors (Lipinski definition) is 0. The SMILES string of the molecule is Cc1cc(I)ccc1N=CN(C)SSN(C)C=Nc1ccc(I)cc1C. The maximum atomic E-state index is 4.55. The molecule has 2 aromatic rings. The third-order valence-electron chi connectivity index (χ3n) is 3.31. The Hall–Kier alpha value is -0.460. The highest BCUT2D eigenvalue weighted by atomic mass is 127. The van der Waals surface area contributed by atoms with E-state index in [0.717, 1.165) is 11.4 Å². The molecule has 8 heteroatoms. The van der Waals surface area contributed by atoms with Crippen molar-refractivity contribution in [3.63, 3.8) is 0 Å². The fraction of sp³-hybridized carbons (Fsp3) is 0.222. The Labute approximate surface area is 190 Å². The van der Waals surface area contributed by atoms with Crippen LogP contribution >= 0.6 is 67.1 Å². The van der Waals surface area contributed by atoms with Gasteiger partial charge in [-0.05, 0) is 107 Å². The van der Waals surface area contributed by atoms with Gasteiger partial charge in [0.1, 0.15) is 12.7 Å². The molecule has 2 rings (SSSR count). The summed E-state index contributed by atoms with van der Waals surface area (Å²) in [5.74, 6) is 0. The van der Waals surface area contributed by atoms with Gasteiger partial charge in [0.05, 0.1) is 11.4 Å². The van der Waals surface area contributed by atoms with Gasteiger partial charge >= 0.3 is 0 Å². The Morgan fingerprint density at radius 3 is 1.50 bits per heavy atom. The molecule has 0 unspecified atom stereocenters. The van der Waals surface area contributed by atoms with Crippen LogP contribution in [0.5, 0.6) is 0 Å². The second-order valence-corrected chi connectivity index (χ2v) is 10.4. The van der Waals surface area contributed by atoms with Crippen LogP contribution in [-0.4, -0.2) is 35.4 Å². The number of rotatable bonds is 7.